The summed E-state index contributed by atoms with van der Waals surface area (Å²) in [6.07, 6.45) is 13.5. The fourth-order valence-electron chi connectivity index (χ4n) is 2.38. The van der Waals surface area contributed by atoms with Crippen LogP contribution >= 0.6 is 0 Å². The summed E-state index contributed by atoms with van der Waals surface area (Å²) >= 11 is 9.17. The molecule has 0 rings (SSSR count). The van der Waals surface area contributed by atoms with E-state index < -0.39 is 0 Å². The summed E-state index contributed by atoms with van der Waals surface area (Å²) in [6, 6.07) is 0. The molecule has 0 aliphatic carbocycles. The monoisotopic (exact) mass is 362 g/mol. The van der Waals surface area contributed by atoms with Crippen molar-refractivity contribution in [2.24, 2.45) is 5.92 Å². The third kappa shape index (κ3) is 19.8. The van der Waals surface area contributed by atoms with Crippen molar-refractivity contribution in [1.82, 2.24) is 0 Å². The average Bonchev–Trinajstić information content (AvgIpc) is 2.39. The summed E-state index contributed by atoms with van der Waals surface area (Å²) in [4.78, 5) is 22.0. The summed E-state index contributed by atoms with van der Waals surface area (Å²) in [7, 11) is 0. The maximum Gasteiger partial charge on any atom is 1.00 e. The second-order valence-electron chi connectivity index (χ2n) is 5.56. The van der Waals surface area contributed by atoms with Gasteiger partial charge in [0.05, 0.1) is 0 Å². The predicted molar refractivity (Wildman–Crippen MR) is 89.3 cm³/mol. The summed E-state index contributed by atoms with van der Waals surface area (Å²) < 4.78 is 0. The molecule has 0 amide bonds. The van der Waals surface area contributed by atoms with E-state index in [1.807, 2.05) is 0 Å². The Labute approximate surface area is 192 Å². The summed E-state index contributed by atoms with van der Waals surface area (Å²) in [5.74, 6) is -0.316. The van der Waals surface area contributed by atoms with Gasteiger partial charge in [-0.25, -0.2) is 0 Å². The van der Waals surface area contributed by atoms with Crippen molar-refractivity contribution in [2.75, 3.05) is 0 Å². The number of hydrogen-bond acceptors (Lipinski definition) is 4. The topological polar surface area (TPSA) is 34.1 Å². The van der Waals surface area contributed by atoms with Crippen LogP contribution in [0.3, 0.4) is 0 Å². The van der Waals surface area contributed by atoms with Crippen LogP contribution in [-0.4, -0.2) is 10.2 Å². The first kappa shape index (κ1) is 28.6. The van der Waals surface area contributed by atoms with Crippen molar-refractivity contribution >= 4 is 35.5 Å². The third-order valence-corrected chi connectivity index (χ3v) is 4.15. The van der Waals surface area contributed by atoms with Crippen LogP contribution in [0.5, 0.6) is 0 Å². The molecule has 6 heteroatoms. The van der Waals surface area contributed by atoms with Crippen LogP contribution in [0.1, 0.15) is 84.0 Å². The molecule has 0 bridgehead atoms. The molecule has 1 atom stereocenters. The Morgan fingerprint density at radius 3 is 1.55 bits per heavy atom. The molecule has 0 aromatic heterocycles. The normalized spacial score (nSPS) is 11.1. The predicted octanol–water partition coefficient (Wildman–Crippen LogP) is -1.54. The summed E-state index contributed by atoms with van der Waals surface area (Å²) in [5.41, 5.74) is 0. The van der Waals surface area contributed by atoms with Crippen LogP contribution in [0.15, 0.2) is 0 Å². The number of carbonyl (C=O) groups is 2. The van der Waals surface area contributed by atoms with Gasteiger partial charge in [-0.3, -0.25) is 0 Å². The molecule has 0 heterocycles. The average molecular weight is 363 g/mol. The molecule has 0 aliphatic heterocycles. The van der Waals surface area contributed by atoms with E-state index >= 15 is 0 Å². The van der Waals surface area contributed by atoms with Crippen molar-refractivity contribution in [3.63, 3.8) is 0 Å². The Kier molecular flexibility index (Phi) is 27.1. The van der Waals surface area contributed by atoms with E-state index in [1.54, 1.807) is 0 Å². The van der Waals surface area contributed by atoms with Gasteiger partial charge in [0.2, 0.25) is 0 Å². The first-order valence-electron chi connectivity index (χ1n) is 7.98. The Hall–Kier alpha value is 1.78. The molecule has 0 spiro atoms. The Balaban J connectivity index is -0.00000180. The van der Waals surface area contributed by atoms with Gasteiger partial charge in [-0.05, 0) is 12.8 Å². The van der Waals surface area contributed by atoms with E-state index in [9.17, 15) is 9.59 Å². The zero-order valence-electron chi connectivity index (χ0n) is 14.7. The Morgan fingerprint density at radius 2 is 1.18 bits per heavy atom. The standard InChI is InChI=1S/C16H30O2S2.2Na/c1-2-3-4-5-6-7-8-9-10-11-12-14(16(18)20)13-15(17)19;;/h14H,2-13H2,1H3,(H,17,19)(H,18,20);;/q;2*+1/p-2. The quantitative estimate of drug-likeness (QED) is 0.213. The molecule has 0 saturated carbocycles. The minimum Gasteiger partial charge on any atom is -0.742 e. The first-order chi connectivity index (χ1) is 9.57. The van der Waals surface area contributed by atoms with Crippen molar-refractivity contribution in [2.45, 2.75) is 84.0 Å². The minimum absolute atomic E-state index is 0. The van der Waals surface area contributed by atoms with Crippen LogP contribution in [0.25, 0.3) is 0 Å². The molecule has 0 aromatic carbocycles. The Morgan fingerprint density at radius 1 is 0.773 bits per heavy atom. The SMILES string of the molecule is CCCCCCCCCCCCC(CC(=O)[S-])C(=O)[S-].[Na+].[Na+]. The van der Waals surface area contributed by atoms with Gasteiger partial charge in [-0.2, -0.15) is 0 Å². The molecular weight excluding hydrogens is 334 g/mol. The van der Waals surface area contributed by atoms with Gasteiger partial charge in [0.15, 0.2) is 0 Å². The zero-order valence-corrected chi connectivity index (χ0v) is 20.3. The Bertz CT molecular complexity index is 277. The van der Waals surface area contributed by atoms with E-state index in [1.165, 1.54) is 51.4 Å². The van der Waals surface area contributed by atoms with E-state index in [2.05, 4.69) is 32.2 Å². The second kappa shape index (κ2) is 20.8. The third-order valence-electron chi connectivity index (χ3n) is 3.65. The fourth-order valence-corrected chi connectivity index (χ4v) is 2.78. The molecule has 0 N–H and O–H groups in total. The van der Waals surface area contributed by atoms with E-state index in [0.717, 1.165) is 19.3 Å². The van der Waals surface area contributed by atoms with Crippen LogP contribution in [-0.2, 0) is 34.8 Å². The zero-order chi connectivity index (χ0) is 15.2. The largest absolute Gasteiger partial charge is 1.00 e. The van der Waals surface area contributed by atoms with Crippen LogP contribution in [0, 0.1) is 5.92 Å². The van der Waals surface area contributed by atoms with Crippen LogP contribution < -0.4 is 59.1 Å². The van der Waals surface area contributed by atoms with Crippen molar-refractivity contribution in [3.05, 3.63) is 0 Å². The van der Waals surface area contributed by atoms with Gasteiger partial charge in [0.25, 0.3) is 0 Å². The second-order valence-corrected chi connectivity index (χ2v) is 6.42. The first-order valence-corrected chi connectivity index (χ1v) is 8.80. The van der Waals surface area contributed by atoms with E-state index in [4.69, 9.17) is 0 Å². The summed E-state index contributed by atoms with van der Waals surface area (Å²) in [5, 5.41) is -0.653. The van der Waals surface area contributed by atoms with Crippen LogP contribution in [0.4, 0.5) is 0 Å². The number of rotatable bonds is 14. The van der Waals surface area contributed by atoms with E-state index in [0.29, 0.717) is 0 Å². The van der Waals surface area contributed by atoms with Gasteiger partial charge in [-0.15, -0.1) is 0 Å². The summed E-state index contributed by atoms with van der Waals surface area (Å²) in [6.45, 7) is 2.24. The number of carbonyl (C=O) groups excluding carboxylic acids is 2. The van der Waals surface area contributed by atoms with Gasteiger partial charge >= 0.3 is 59.1 Å². The van der Waals surface area contributed by atoms with Crippen molar-refractivity contribution < 1.29 is 68.7 Å². The number of unbranched alkanes of at least 4 members (excludes halogenated alkanes) is 9. The molecule has 0 aliphatic rings. The molecule has 0 saturated heterocycles. The van der Waals surface area contributed by atoms with Crippen molar-refractivity contribution in [1.29, 1.82) is 0 Å². The van der Waals surface area contributed by atoms with Gasteiger partial charge in [-0.1, -0.05) is 71.1 Å². The molecule has 118 valence electrons. The smallest absolute Gasteiger partial charge is 0.742 e. The van der Waals surface area contributed by atoms with Crippen molar-refractivity contribution in [3.8, 4) is 0 Å². The van der Waals surface area contributed by atoms with Gasteiger partial charge in [0.1, 0.15) is 0 Å². The molecule has 1 unspecified atom stereocenters. The maximum atomic E-state index is 11.2. The van der Waals surface area contributed by atoms with Crippen LogP contribution in [0.2, 0.25) is 0 Å². The number of hydrogen-bond donors (Lipinski definition) is 0. The molecule has 2 nitrogen and oxygen atoms in total. The van der Waals surface area contributed by atoms with E-state index in [-0.39, 0.29) is 81.7 Å². The molecular formula is C16H28Na2O2S2. The molecule has 0 radical (unpaired) electrons. The van der Waals surface area contributed by atoms with Gasteiger partial charge < -0.3 is 34.8 Å². The minimum atomic E-state index is -0.347. The van der Waals surface area contributed by atoms with Gasteiger partial charge in [0, 0.05) is 16.1 Å². The fraction of sp³-hybridized carbons (Fsp3) is 0.875. The maximum absolute atomic E-state index is 11.2. The molecule has 0 fully saturated rings. The molecule has 0 aromatic rings. The molecule has 22 heavy (non-hydrogen) atoms.